The van der Waals surface area contributed by atoms with Crippen molar-refractivity contribution in [2.75, 3.05) is 13.2 Å². The van der Waals surface area contributed by atoms with Gasteiger partial charge in [-0.2, -0.15) is 0 Å². The second-order valence-electron chi connectivity index (χ2n) is 17.9. The maximum Gasteiger partial charge on any atom is 0.306 e. The van der Waals surface area contributed by atoms with Gasteiger partial charge in [0.15, 0.2) is 6.10 Å². The van der Waals surface area contributed by atoms with Gasteiger partial charge in [-0.15, -0.1) is 0 Å². The second kappa shape index (κ2) is 53.7. The minimum atomic E-state index is -0.773. The molecule has 5 nitrogen and oxygen atoms in total. The van der Waals surface area contributed by atoms with Crippen LogP contribution < -0.4 is 0 Å². The lowest BCUT2D eigenvalue weighted by Gasteiger charge is -2.15. The van der Waals surface area contributed by atoms with E-state index >= 15 is 0 Å². The van der Waals surface area contributed by atoms with Crippen molar-refractivity contribution >= 4 is 11.9 Å². The van der Waals surface area contributed by atoms with E-state index in [1.54, 1.807) is 0 Å². The van der Waals surface area contributed by atoms with E-state index in [9.17, 15) is 14.7 Å². The molecule has 0 aromatic rings. The van der Waals surface area contributed by atoms with E-state index < -0.39 is 6.10 Å². The Balaban J connectivity index is 3.39. The Hall–Kier alpha value is -2.66. The van der Waals surface area contributed by atoms with Crippen LogP contribution >= 0.6 is 0 Å². The van der Waals surface area contributed by atoms with Gasteiger partial charge in [-0.25, -0.2) is 0 Å². The Morgan fingerprint density at radius 1 is 0.381 bits per heavy atom. The molecule has 0 spiro atoms. The highest BCUT2D eigenvalue weighted by molar-refractivity contribution is 5.70. The molecule has 0 aliphatic carbocycles. The summed E-state index contributed by atoms with van der Waals surface area (Å²) in [5, 5.41) is 9.58. The molecule has 0 heterocycles. The van der Waals surface area contributed by atoms with Crippen LogP contribution in [0.3, 0.4) is 0 Å². The molecule has 0 saturated heterocycles. The summed E-state index contributed by atoms with van der Waals surface area (Å²) in [7, 11) is 0. The fourth-order valence-electron chi connectivity index (χ4n) is 7.70. The van der Waals surface area contributed by atoms with Crippen LogP contribution in [-0.4, -0.2) is 36.4 Å². The van der Waals surface area contributed by atoms with E-state index in [2.05, 4.69) is 86.8 Å². The Morgan fingerprint density at radius 2 is 0.683 bits per heavy atom. The van der Waals surface area contributed by atoms with Gasteiger partial charge in [0, 0.05) is 12.8 Å². The summed E-state index contributed by atoms with van der Waals surface area (Å²) in [5.41, 5.74) is 0. The fourth-order valence-corrected chi connectivity index (χ4v) is 7.70. The quantitative estimate of drug-likeness (QED) is 0.0374. The van der Waals surface area contributed by atoms with Crippen LogP contribution in [0.25, 0.3) is 0 Å². The SMILES string of the molecule is CC/C=C\C/C=C\C/C=C\C/C=C\C/C=C\CCCCCCCCCCCCCCCCCCCCCCCCCC(=O)OC(CO)COC(=O)CCCCCCC/C=C\CCC. The number of carbonyl (C=O) groups is 2. The van der Waals surface area contributed by atoms with E-state index in [0.717, 1.165) is 83.5 Å². The van der Waals surface area contributed by atoms with Crippen LogP contribution in [0.5, 0.6) is 0 Å². The Morgan fingerprint density at radius 3 is 1.05 bits per heavy atom. The zero-order valence-electron chi connectivity index (χ0n) is 41.6. The molecule has 5 heteroatoms. The molecule has 0 fully saturated rings. The molecule has 0 radical (unpaired) electrons. The zero-order valence-corrected chi connectivity index (χ0v) is 41.6. The Bertz CT molecular complexity index is 1130. The molecule has 0 aromatic heterocycles. The van der Waals surface area contributed by atoms with Crippen molar-refractivity contribution in [1.29, 1.82) is 0 Å². The van der Waals surface area contributed by atoms with E-state index in [4.69, 9.17) is 9.47 Å². The maximum atomic E-state index is 12.2. The highest BCUT2D eigenvalue weighted by atomic mass is 16.6. The van der Waals surface area contributed by atoms with E-state index in [1.807, 2.05) is 0 Å². The Kier molecular flexibility index (Phi) is 51.4. The fraction of sp³-hybridized carbons (Fsp3) is 0.759. The van der Waals surface area contributed by atoms with Crippen molar-refractivity contribution in [2.45, 2.75) is 270 Å². The molecule has 1 unspecified atom stereocenters. The summed E-state index contributed by atoms with van der Waals surface area (Å²) in [6.45, 7) is 3.96. The predicted molar refractivity (Wildman–Crippen MR) is 274 cm³/mol. The van der Waals surface area contributed by atoms with Gasteiger partial charge in [0.05, 0.1) is 6.61 Å². The number of ether oxygens (including phenoxy) is 2. The summed E-state index contributed by atoms with van der Waals surface area (Å²) < 4.78 is 10.6. The highest BCUT2D eigenvalue weighted by Crippen LogP contribution is 2.17. The average molecular weight is 879 g/mol. The number of hydrogen-bond donors (Lipinski definition) is 1. The molecule has 0 bridgehead atoms. The molecular weight excluding hydrogens is 777 g/mol. The third-order valence-electron chi connectivity index (χ3n) is 11.7. The lowest BCUT2D eigenvalue weighted by molar-refractivity contribution is -0.161. The number of unbranched alkanes of at least 4 members (excludes halogenated alkanes) is 29. The largest absolute Gasteiger partial charge is 0.462 e. The van der Waals surface area contributed by atoms with Crippen LogP contribution in [0.2, 0.25) is 0 Å². The topological polar surface area (TPSA) is 72.8 Å². The highest BCUT2D eigenvalue weighted by Gasteiger charge is 2.16. The molecule has 0 aliphatic rings. The first-order chi connectivity index (χ1) is 31.1. The lowest BCUT2D eigenvalue weighted by atomic mass is 10.0. The van der Waals surface area contributed by atoms with Gasteiger partial charge in [-0.05, 0) is 77.0 Å². The monoisotopic (exact) mass is 879 g/mol. The molecule has 0 amide bonds. The predicted octanol–water partition coefficient (Wildman–Crippen LogP) is 18.0. The molecular formula is C58H102O5. The van der Waals surface area contributed by atoms with Crippen molar-refractivity contribution in [3.05, 3.63) is 72.9 Å². The molecule has 0 aromatic carbocycles. The molecule has 1 atom stereocenters. The van der Waals surface area contributed by atoms with Gasteiger partial charge in [0.1, 0.15) is 6.61 Å². The van der Waals surface area contributed by atoms with Crippen molar-refractivity contribution < 1.29 is 24.2 Å². The van der Waals surface area contributed by atoms with Gasteiger partial charge < -0.3 is 14.6 Å². The van der Waals surface area contributed by atoms with E-state index in [-0.39, 0.29) is 25.2 Å². The summed E-state index contributed by atoms with van der Waals surface area (Å²) in [6.07, 6.45) is 73.3. The second-order valence-corrected chi connectivity index (χ2v) is 17.9. The number of aliphatic hydroxyl groups excluding tert-OH is 1. The molecule has 364 valence electrons. The summed E-state index contributed by atoms with van der Waals surface area (Å²) >= 11 is 0. The summed E-state index contributed by atoms with van der Waals surface area (Å²) in [4.78, 5) is 24.3. The van der Waals surface area contributed by atoms with Crippen LogP contribution in [0, 0.1) is 0 Å². The molecule has 63 heavy (non-hydrogen) atoms. The normalized spacial score (nSPS) is 12.7. The third-order valence-corrected chi connectivity index (χ3v) is 11.7. The van der Waals surface area contributed by atoms with Crippen molar-refractivity contribution in [3.63, 3.8) is 0 Å². The van der Waals surface area contributed by atoms with Crippen molar-refractivity contribution in [2.24, 2.45) is 0 Å². The van der Waals surface area contributed by atoms with Crippen LogP contribution in [0.15, 0.2) is 72.9 Å². The molecule has 0 saturated carbocycles. The minimum Gasteiger partial charge on any atom is -0.462 e. The third kappa shape index (κ3) is 51.9. The van der Waals surface area contributed by atoms with Gasteiger partial charge in [0.2, 0.25) is 0 Å². The van der Waals surface area contributed by atoms with Crippen LogP contribution in [0.1, 0.15) is 264 Å². The smallest absolute Gasteiger partial charge is 0.306 e. The lowest BCUT2D eigenvalue weighted by Crippen LogP contribution is -2.28. The van der Waals surface area contributed by atoms with Gasteiger partial charge in [-0.3, -0.25) is 9.59 Å². The van der Waals surface area contributed by atoms with Gasteiger partial charge in [-0.1, -0.05) is 247 Å². The maximum absolute atomic E-state index is 12.2. The standard InChI is InChI=1S/C58H102O5/c1-3-5-7-9-11-13-15-16-17-18-19-20-21-22-23-24-25-26-27-28-29-30-31-32-33-34-35-36-37-38-39-40-41-42-43-45-47-49-51-53-58(61)63-56(54-59)55-62-57(60)52-50-48-46-44-14-12-10-8-6-4-2/h5,7-8,10-11,13,16-17,19-20,22-23,56,59H,3-4,6,9,12,14-15,18,21,24-55H2,1-2H3/b7-5-,10-8-,13-11-,17-16-,20-19-,23-22-. The number of allylic oxidation sites excluding steroid dienone is 12. The number of hydrogen-bond acceptors (Lipinski definition) is 5. The Labute approximate surface area is 391 Å². The van der Waals surface area contributed by atoms with Gasteiger partial charge >= 0.3 is 11.9 Å². The number of carbonyl (C=O) groups excluding carboxylic acids is 2. The summed E-state index contributed by atoms with van der Waals surface area (Å²) in [6, 6.07) is 0. The van der Waals surface area contributed by atoms with Crippen molar-refractivity contribution in [3.8, 4) is 0 Å². The molecule has 0 rings (SSSR count). The first-order valence-corrected chi connectivity index (χ1v) is 27.0. The average Bonchev–Trinajstić information content (AvgIpc) is 3.29. The van der Waals surface area contributed by atoms with E-state index in [1.165, 1.54) is 154 Å². The minimum absolute atomic E-state index is 0.0685. The van der Waals surface area contributed by atoms with Crippen LogP contribution in [-0.2, 0) is 19.1 Å². The van der Waals surface area contributed by atoms with E-state index in [0.29, 0.717) is 12.8 Å². The van der Waals surface area contributed by atoms with Crippen LogP contribution in [0.4, 0.5) is 0 Å². The number of rotatable bonds is 49. The first kappa shape index (κ1) is 60.3. The first-order valence-electron chi connectivity index (χ1n) is 27.0. The number of esters is 2. The summed E-state index contributed by atoms with van der Waals surface area (Å²) in [5.74, 6) is -0.596. The molecule has 0 aliphatic heterocycles. The van der Waals surface area contributed by atoms with Gasteiger partial charge in [0.25, 0.3) is 0 Å². The molecule has 1 N–H and O–H groups in total. The van der Waals surface area contributed by atoms with Crippen molar-refractivity contribution in [1.82, 2.24) is 0 Å². The zero-order chi connectivity index (χ0) is 45.6. The number of aliphatic hydroxyl groups is 1.